The fraction of sp³-hybridized carbons (Fsp3) is 0.550. The molecule has 1 aromatic heterocycles. The van der Waals surface area contributed by atoms with E-state index in [1.165, 1.54) is 6.20 Å². The van der Waals surface area contributed by atoms with Crippen LogP contribution in [-0.4, -0.2) is 32.4 Å². The number of hydrogen-bond acceptors (Lipinski definition) is 5. The minimum absolute atomic E-state index is 0.0490. The zero-order valence-electron chi connectivity index (χ0n) is 16.1. The first kappa shape index (κ1) is 19.4. The van der Waals surface area contributed by atoms with Gasteiger partial charge in [-0.3, -0.25) is 4.79 Å². The summed E-state index contributed by atoms with van der Waals surface area (Å²) in [6.07, 6.45) is 4.07. The van der Waals surface area contributed by atoms with E-state index in [0.29, 0.717) is 0 Å². The molecule has 0 saturated heterocycles. The minimum Gasteiger partial charge on any atom is -0.444 e. The molecule has 3 rings (SSSR count). The lowest BCUT2D eigenvalue weighted by molar-refractivity contribution is 0.0488. The van der Waals surface area contributed by atoms with E-state index in [1.54, 1.807) is 4.57 Å². The van der Waals surface area contributed by atoms with Gasteiger partial charge in [-0.1, -0.05) is 6.07 Å². The van der Waals surface area contributed by atoms with E-state index in [2.05, 4.69) is 10.3 Å². The van der Waals surface area contributed by atoms with Crippen molar-refractivity contribution in [3.63, 3.8) is 0 Å². The number of benzene rings is 1. The molecule has 0 atom stereocenters. The number of hydrogen-bond donors (Lipinski definition) is 2. The molecule has 146 valence electrons. The third-order valence-electron chi connectivity index (χ3n) is 4.82. The summed E-state index contributed by atoms with van der Waals surface area (Å²) in [4.78, 5) is 28.7. The number of fused-ring (bicyclic) bond motifs is 1. The first-order valence-electron chi connectivity index (χ1n) is 9.37. The molecule has 1 aromatic carbocycles. The second-order valence-electron chi connectivity index (χ2n) is 8.10. The molecular formula is C20H27N3O4. The highest BCUT2D eigenvalue weighted by molar-refractivity contribution is 5.75. The first-order valence-corrected chi connectivity index (χ1v) is 9.37. The number of nitrogens with zero attached hydrogens (tertiary/aromatic N) is 2. The van der Waals surface area contributed by atoms with Gasteiger partial charge in [0, 0.05) is 12.1 Å². The summed E-state index contributed by atoms with van der Waals surface area (Å²) in [7, 11) is 0. The van der Waals surface area contributed by atoms with Gasteiger partial charge in [0.25, 0.3) is 5.56 Å². The Hall–Kier alpha value is -2.41. The van der Waals surface area contributed by atoms with E-state index in [0.717, 1.165) is 42.3 Å². The van der Waals surface area contributed by atoms with Gasteiger partial charge in [0.1, 0.15) is 5.60 Å². The lowest BCUT2D eigenvalue weighted by atomic mass is 9.90. The van der Waals surface area contributed by atoms with E-state index in [-0.39, 0.29) is 24.2 Å². The molecular weight excluding hydrogens is 346 g/mol. The predicted octanol–water partition coefficient (Wildman–Crippen LogP) is 2.90. The lowest BCUT2D eigenvalue weighted by Crippen LogP contribution is -2.41. The molecule has 1 fully saturated rings. The molecule has 7 heteroatoms. The van der Waals surface area contributed by atoms with Gasteiger partial charge in [0.05, 0.1) is 23.8 Å². The molecule has 1 amide bonds. The van der Waals surface area contributed by atoms with Crippen molar-refractivity contribution in [2.45, 2.75) is 70.7 Å². The SMILES string of the molecule is CC(C)(C)OC(=O)NC1CCC(n2c(=O)cnc3ccc(CO)cc32)CC1. The molecule has 0 radical (unpaired) electrons. The molecule has 2 aromatic rings. The largest absolute Gasteiger partial charge is 0.444 e. The first-order chi connectivity index (χ1) is 12.8. The third kappa shape index (κ3) is 4.66. The van der Waals surface area contributed by atoms with Crippen molar-refractivity contribution in [3.05, 3.63) is 40.3 Å². The monoisotopic (exact) mass is 373 g/mol. The number of rotatable bonds is 3. The summed E-state index contributed by atoms with van der Waals surface area (Å²) >= 11 is 0. The molecule has 1 aliphatic carbocycles. The number of aliphatic hydroxyl groups excluding tert-OH is 1. The quantitative estimate of drug-likeness (QED) is 0.863. The molecule has 27 heavy (non-hydrogen) atoms. The molecule has 0 unspecified atom stereocenters. The molecule has 1 heterocycles. The van der Waals surface area contributed by atoms with Crippen molar-refractivity contribution in [2.24, 2.45) is 0 Å². The maximum Gasteiger partial charge on any atom is 0.407 e. The van der Waals surface area contributed by atoms with Gasteiger partial charge >= 0.3 is 6.09 Å². The summed E-state index contributed by atoms with van der Waals surface area (Å²) in [6, 6.07) is 5.56. The van der Waals surface area contributed by atoms with Crippen LogP contribution in [0.2, 0.25) is 0 Å². The Morgan fingerprint density at radius 3 is 2.63 bits per heavy atom. The maximum absolute atomic E-state index is 12.5. The van der Waals surface area contributed by atoms with Crippen molar-refractivity contribution >= 4 is 17.1 Å². The van der Waals surface area contributed by atoms with E-state index >= 15 is 0 Å². The van der Waals surface area contributed by atoms with Gasteiger partial charge in [-0.05, 0) is 64.2 Å². The van der Waals surface area contributed by atoms with Crippen LogP contribution in [0.3, 0.4) is 0 Å². The molecule has 7 nitrogen and oxygen atoms in total. The number of ether oxygens (including phenoxy) is 1. The Kier molecular flexibility index (Phi) is 5.51. The Morgan fingerprint density at radius 1 is 1.30 bits per heavy atom. The van der Waals surface area contributed by atoms with Crippen LogP contribution in [-0.2, 0) is 11.3 Å². The second kappa shape index (κ2) is 7.68. The number of alkyl carbamates (subject to hydrolysis) is 1. The van der Waals surface area contributed by atoms with Crippen molar-refractivity contribution < 1.29 is 14.6 Å². The Morgan fingerprint density at radius 2 is 2.00 bits per heavy atom. The van der Waals surface area contributed by atoms with Crippen LogP contribution in [0.4, 0.5) is 4.79 Å². The summed E-state index contributed by atoms with van der Waals surface area (Å²) in [6.45, 7) is 5.44. The van der Waals surface area contributed by atoms with Gasteiger partial charge in [-0.25, -0.2) is 9.78 Å². The van der Waals surface area contributed by atoms with Crippen LogP contribution in [0.5, 0.6) is 0 Å². The van der Waals surface area contributed by atoms with Gasteiger partial charge in [0.2, 0.25) is 0 Å². The van der Waals surface area contributed by atoms with Crippen molar-refractivity contribution in [2.75, 3.05) is 0 Å². The number of nitrogens with one attached hydrogen (secondary N) is 1. The van der Waals surface area contributed by atoms with Gasteiger partial charge in [-0.2, -0.15) is 0 Å². The number of aliphatic hydroxyl groups is 1. The summed E-state index contributed by atoms with van der Waals surface area (Å²) < 4.78 is 7.10. The Balaban J connectivity index is 1.74. The third-order valence-corrected chi connectivity index (χ3v) is 4.82. The van der Waals surface area contributed by atoms with Crippen LogP contribution in [0.15, 0.2) is 29.2 Å². The molecule has 0 aliphatic heterocycles. The second-order valence-corrected chi connectivity index (χ2v) is 8.10. The highest BCUT2D eigenvalue weighted by atomic mass is 16.6. The van der Waals surface area contributed by atoms with E-state index in [9.17, 15) is 14.7 Å². The zero-order valence-corrected chi connectivity index (χ0v) is 16.1. The van der Waals surface area contributed by atoms with Crippen LogP contribution in [0.25, 0.3) is 11.0 Å². The molecule has 0 spiro atoms. The standard InChI is InChI=1S/C20H27N3O4/c1-20(2,3)27-19(26)22-14-5-7-15(8-6-14)23-17-10-13(12-24)4-9-16(17)21-11-18(23)25/h4,9-11,14-15,24H,5-8,12H2,1-3H3,(H,22,26). The average Bonchev–Trinajstić information content (AvgIpc) is 2.60. The van der Waals surface area contributed by atoms with Crippen LogP contribution in [0, 0.1) is 0 Å². The highest BCUT2D eigenvalue weighted by Crippen LogP contribution is 2.30. The Bertz CT molecular complexity index is 877. The zero-order chi connectivity index (χ0) is 19.6. The number of aromatic nitrogens is 2. The van der Waals surface area contributed by atoms with Crippen molar-refractivity contribution in [3.8, 4) is 0 Å². The number of carbonyl (C=O) groups is 1. The van der Waals surface area contributed by atoms with Crippen molar-refractivity contribution in [1.82, 2.24) is 14.9 Å². The summed E-state index contributed by atoms with van der Waals surface area (Å²) in [5, 5.41) is 12.3. The van der Waals surface area contributed by atoms with E-state index in [4.69, 9.17) is 4.74 Å². The topological polar surface area (TPSA) is 93.5 Å². The molecule has 1 aliphatic rings. The van der Waals surface area contributed by atoms with E-state index in [1.807, 2.05) is 39.0 Å². The van der Waals surface area contributed by atoms with Gasteiger partial charge < -0.3 is 19.7 Å². The van der Waals surface area contributed by atoms with Gasteiger partial charge in [0.15, 0.2) is 0 Å². The fourth-order valence-corrected chi connectivity index (χ4v) is 3.60. The summed E-state index contributed by atoms with van der Waals surface area (Å²) in [5.74, 6) is 0. The van der Waals surface area contributed by atoms with Crippen LogP contribution < -0.4 is 10.9 Å². The normalized spacial score (nSPS) is 20.4. The lowest BCUT2D eigenvalue weighted by Gasteiger charge is -2.31. The fourth-order valence-electron chi connectivity index (χ4n) is 3.60. The smallest absolute Gasteiger partial charge is 0.407 e. The highest BCUT2D eigenvalue weighted by Gasteiger charge is 2.26. The Labute approximate surface area is 158 Å². The molecule has 0 bridgehead atoms. The maximum atomic E-state index is 12.5. The van der Waals surface area contributed by atoms with Crippen LogP contribution >= 0.6 is 0 Å². The van der Waals surface area contributed by atoms with Crippen molar-refractivity contribution in [1.29, 1.82) is 0 Å². The molecule has 2 N–H and O–H groups in total. The number of carbonyl (C=O) groups excluding carboxylic acids is 1. The average molecular weight is 373 g/mol. The molecule has 1 saturated carbocycles. The minimum atomic E-state index is -0.519. The number of amides is 1. The summed E-state index contributed by atoms with van der Waals surface area (Å²) in [5.41, 5.74) is 1.58. The van der Waals surface area contributed by atoms with Crippen LogP contribution in [0.1, 0.15) is 58.1 Å². The van der Waals surface area contributed by atoms with E-state index < -0.39 is 11.7 Å². The van der Waals surface area contributed by atoms with Gasteiger partial charge in [-0.15, -0.1) is 0 Å². The predicted molar refractivity (Wildman–Crippen MR) is 103 cm³/mol.